The number of rotatable bonds is 10. The number of urea groups is 1. The van der Waals surface area contributed by atoms with E-state index in [9.17, 15) is 9.90 Å². The van der Waals surface area contributed by atoms with Gasteiger partial charge in [0.1, 0.15) is 0 Å². The molecule has 0 aliphatic carbocycles. The molecule has 2 aliphatic rings. The van der Waals surface area contributed by atoms with Crippen LogP contribution in [0.4, 0.5) is 4.79 Å². The third-order valence-electron chi connectivity index (χ3n) is 9.26. The number of hydrogen-bond acceptors (Lipinski definition) is 5. The molecule has 2 amide bonds. The summed E-state index contributed by atoms with van der Waals surface area (Å²) in [5.74, 6) is 0.168. The molecule has 7 heteroatoms. The maximum atomic E-state index is 12.5. The molecule has 0 spiro atoms. The van der Waals surface area contributed by atoms with E-state index in [1.54, 1.807) is 0 Å². The van der Waals surface area contributed by atoms with Crippen molar-refractivity contribution < 1.29 is 19.4 Å². The number of piperidine rings is 1. The summed E-state index contributed by atoms with van der Waals surface area (Å²) in [6, 6.07) is 34.3. The predicted octanol–water partition coefficient (Wildman–Crippen LogP) is 7.12. The second kappa shape index (κ2) is 15.5. The molecule has 0 unspecified atom stereocenters. The topological polar surface area (TPSA) is 83.1 Å². The van der Waals surface area contributed by atoms with Crippen molar-refractivity contribution in [2.45, 2.75) is 64.4 Å². The highest BCUT2D eigenvalue weighted by Crippen LogP contribution is 2.42. The van der Waals surface area contributed by atoms with Gasteiger partial charge < -0.3 is 30.1 Å². The molecule has 2 fully saturated rings. The minimum atomic E-state index is -0.493. The SMILES string of the molecule is C[C@@H]1[C@H](CN2CCCCC2)O[C@H](c2ccc(-c3ccccc3CNC(=O)NCc3ccccc3)cc2)O[C@@H]1c1ccc(CO)cc1. The highest BCUT2D eigenvalue weighted by atomic mass is 16.7. The van der Waals surface area contributed by atoms with E-state index in [-0.39, 0.29) is 30.8 Å². The van der Waals surface area contributed by atoms with E-state index < -0.39 is 6.29 Å². The van der Waals surface area contributed by atoms with Gasteiger partial charge in [0.25, 0.3) is 0 Å². The Hall–Kier alpha value is -4.01. The van der Waals surface area contributed by atoms with Gasteiger partial charge in [-0.05, 0) is 59.3 Å². The van der Waals surface area contributed by atoms with Crippen LogP contribution in [0.25, 0.3) is 11.1 Å². The Morgan fingerprint density at radius 1 is 0.761 bits per heavy atom. The van der Waals surface area contributed by atoms with Crippen LogP contribution < -0.4 is 10.6 Å². The van der Waals surface area contributed by atoms with Crippen LogP contribution in [0.1, 0.15) is 66.4 Å². The number of aliphatic hydroxyl groups is 1. The van der Waals surface area contributed by atoms with Gasteiger partial charge in [0.15, 0.2) is 6.29 Å². The predicted molar refractivity (Wildman–Crippen MR) is 181 cm³/mol. The van der Waals surface area contributed by atoms with Crippen LogP contribution in [0.2, 0.25) is 0 Å². The molecule has 7 nitrogen and oxygen atoms in total. The molecule has 0 radical (unpaired) electrons. The lowest BCUT2D eigenvalue weighted by Crippen LogP contribution is -2.45. The van der Waals surface area contributed by atoms with E-state index in [0.717, 1.165) is 58.6 Å². The molecule has 0 aromatic heterocycles. The van der Waals surface area contributed by atoms with Crippen LogP contribution in [0, 0.1) is 5.92 Å². The van der Waals surface area contributed by atoms with Crippen LogP contribution in [-0.4, -0.2) is 41.8 Å². The van der Waals surface area contributed by atoms with Crippen molar-refractivity contribution in [2.24, 2.45) is 5.92 Å². The zero-order valence-electron chi connectivity index (χ0n) is 26.6. The molecule has 2 saturated heterocycles. The largest absolute Gasteiger partial charge is 0.392 e. The van der Waals surface area contributed by atoms with Crippen molar-refractivity contribution in [3.8, 4) is 11.1 Å². The molecule has 4 aromatic rings. The quantitative estimate of drug-likeness (QED) is 0.176. The highest BCUT2D eigenvalue weighted by molar-refractivity contribution is 5.75. The number of nitrogens with zero attached hydrogens (tertiary/aromatic N) is 1. The number of aliphatic hydroxyl groups excluding tert-OH is 1. The molecular weight excluding hydrogens is 574 g/mol. The Kier molecular flexibility index (Phi) is 10.8. The molecular formula is C39H45N3O4. The number of ether oxygens (including phenoxy) is 2. The van der Waals surface area contributed by atoms with Crippen LogP contribution in [0.5, 0.6) is 0 Å². The van der Waals surface area contributed by atoms with Gasteiger partial charge in [0.05, 0.1) is 18.8 Å². The second-order valence-electron chi connectivity index (χ2n) is 12.5. The summed E-state index contributed by atoms with van der Waals surface area (Å²) in [6.45, 7) is 6.28. The minimum Gasteiger partial charge on any atom is -0.392 e. The van der Waals surface area contributed by atoms with Gasteiger partial charge in [-0.3, -0.25) is 0 Å². The Bertz CT molecular complexity index is 1540. The Balaban J connectivity index is 1.16. The summed E-state index contributed by atoms with van der Waals surface area (Å²) in [5.41, 5.74) is 7.21. The fourth-order valence-electron chi connectivity index (χ4n) is 6.52. The summed E-state index contributed by atoms with van der Waals surface area (Å²) in [6.07, 6.45) is 3.19. The van der Waals surface area contributed by atoms with Crippen LogP contribution in [-0.2, 0) is 29.2 Å². The zero-order chi connectivity index (χ0) is 31.7. The minimum absolute atomic E-state index is 0.0255. The molecule has 2 heterocycles. The summed E-state index contributed by atoms with van der Waals surface area (Å²) in [5, 5.41) is 15.5. The number of carbonyl (C=O) groups is 1. The molecule has 0 bridgehead atoms. The average Bonchev–Trinajstić information content (AvgIpc) is 3.12. The highest BCUT2D eigenvalue weighted by Gasteiger charge is 2.39. The Morgan fingerprint density at radius 3 is 2.17 bits per heavy atom. The number of benzene rings is 4. The lowest BCUT2D eigenvalue weighted by molar-refractivity contribution is -0.276. The third-order valence-corrected chi connectivity index (χ3v) is 9.26. The Morgan fingerprint density at radius 2 is 1.43 bits per heavy atom. The first-order valence-corrected chi connectivity index (χ1v) is 16.5. The van der Waals surface area contributed by atoms with Crippen LogP contribution in [0.15, 0.2) is 103 Å². The fourth-order valence-corrected chi connectivity index (χ4v) is 6.52. The third kappa shape index (κ3) is 8.03. The molecule has 4 atom stereocenters. The maximum absolute atomic E-state index is 12.5. The molecule has 2 aliphatic heterocycles. The van der Waals surface area contributed by atoms with Crippen LogP contribution in [0.3, 0.4) is 0 Å². The second-order valence-corrected chi connectivity index (χ2v) is 12.5. The molecule has 46 heavy (non-hydrogen) atoms. The van der Waals surface area contributed by atoms with Gasteiger partial charge in [0, 0.05) is 31.1 Å². The van der Waals surface area contributed by atoms with Crippen molar-refractivity contribution in [3.63, 3.8) is 0 Å². The lowest BCUT2D eigenvalue weighted by atomic mass is 9.89. The monoisotopic (exact) mass is 619 g/mol. The average molecular weight is 620 g/mol. The van der Waals surface area contributed by atoms with Gasteiger partial charge in [-0.1, -0.05) is 116 Å². The number of hydrogen-bond donors (Lipinski definition) is 3. The van der Waals surface area contributed by atoms with E-state index in [0.29, 0.717) is 13.1 Å². The smallest absolute Gasteiger partial charge is 0.315 e. The first-order valence-electron chi connectivity index (χ1n) is 16.5. The normalized spacial score (nSPS) is 21.9. The van der Waals surface area contributed by atoms with Gasteiger partial charge >= 0.3 is 6.03 Å². The first-order chi connectivity index (χ1) is 22.6. The van der Waals surface area contributed by atoms with Crippen molar-refractivity contribution in [2.75, 3.05) is 19.6 Å². The van der Waals surface area contributed by atoms with Crippen molar-refractivity contribution in [1.29, 1.82) is 0 Å². The number of likely N-dealkylation sites (tertiary alicyclic amines) is 1. The van der Waals surface area contributed by atoms with Gasteiger partial charge in [0.2, 0.25) is 0 Å². The maximum Gasteiger partial charge on any atom is 0.315 e. The fraction of sp³-hybridized carbons (Fsp3) is 0.359. The summed E-state index contributed by atoms with van der Waals surface area (Å²) in [7, 11) is 0. The zero-order valence-corrected chi connectivity index (χ0v) is 26.6. The number of nitrogens with one attached hydrogen (secondary N) is 2. The van der Waals surface area contributed by atoms with Gasteiger partial charge in [-0.25, -0.2) is 4.79 Å². The van der Waals surface area contributed by atoms with E-state index in [4.69, 9.17) is 9.47 Å². The van der Waals surface area contributed by atoms with Crippen molar-refractivity contribution in [1.82, 2.24) is 15.5 Å². The van der Waals surface area contributed by atoms with Gasteiger partial charge in [-0.2, -0.15) is 0 Å². The van der Waals surface area contributed by atoms with Crippen molar-refractivity contribution in [3.05, 3.63) is 131 Å². The molecule has 4 aromatic carbocycles. The van der Waals surface area contributed by atoms with Gasteiger partial charge in [-0.15, -0.1) is 0 Å². The molecule has 0 saturated carbocycles. The molecule has 3 N–H and O–H groups in total. The van der Waals surface area contributed by atoms with Crippen molar-refractivity contribution >= 4 is 6.03 Å². The van der Waals surface area contributed by atoms with E-state index in [2.05, 4.69) is 64.9 Å². The summed E-state index contributed by atoms with van der Waals surface area (Å²) >= 11 is 0. The van der Waals surface area contributed by atoms with Crippen LogP contribution >= 0.6 is 0 Å². The Labute approximate surface area is 272 Å². The van der Waals surface area contributed by atoms with E-state index in [1.807, 2.05) is 60.7 Å². The van der Waals surface area contributed by atoms with E-state index in [1.165, 1.54) is 19.3 Å². The molecule has 6 rings (SSSR count). The number of amides is 2. The van der Waals surface area contributed by atoms with E-state index >= 15 is 0 Å². The molecule has 240 valence electrons. The lowest BCUT2D eigenvalue weighted by Gasteiger charge is -2.43. The standard InChI is InChI=1S/C39H45N3O4/c1-28-36(26-42-22-8-3-9-23-42)45-38(46-37(28)32-16-14-30(27-43)15-17-32)33-20-18-31(19-21-33)35-13-7-6-12-34(35)25-41-39(44)40-24-29-10-4-2-5-11-29/h2,4-7,10-21,28,36-38,43H,3,8-9,22-27H2,1H3,(H2,40,41,44)/t28-,36+,37+,38+/m1/s1. The summed E-state index contributed by atoms with van der Waals surface area (Å²) < 4.78 is 13.4. The first kappa shape index (κ1) is 32.0. The number of carbonyl (C=O) groups excluding carboxylic acids is 1. The summed E-state index contributed by atoms with van der Waals surface area (Å²) in [4.78, 5) is 15.1.